The van der Waals surface area contributed by atoms with E-state index < -0.39 is 0 Å². The summed E-state index contributed by atoms with van der Waals surface area (Å²) in [5.41, 5.74) is 7.10. The van der Waals surface area contributed by atoms with Crippen molar-refractivity contribution >= 4 is 32.6 Å². The summed E-state index contributed by atoms with van der Waals surface area (Å²) >= 11 is 1.38. The quantitative estimate of drug-likeness (QED) is 0.852. The third-order valence-electron chi connectivity index (χ3n) is 2.64. The molecule has 0 bridgehead atoms. The van der Waals surface area contributed by atoms with E-state index >= 15 is 0 Å². The zero-order valence-electron chi connectivity index (χ0n) is 10.5. The number of amides is 1. The first-order valence-corrected chi connectivity index (χ1v) is 6.64. The van der Waals surface area contributed by atoms with E-state index in [9.17, 15) is 4.79 Å². The number of fused-ring (bicyclic) bond motifs is 1. The number of rotatable bonds is 5. The van der Waals surface area contributed by atoms with Crippen molar-refractivity contribution in [2.45, 2.75) is 0 Å². The second kappa shape index (κ2) is 5.67. The van der Waals surface area contributed by atoms with Gasteiger partial charge in [-0.3, -0.25) is 4.79 Å². The summed E-state index contributed by atoms with van der Waals surface area (Å²) < 4.78 is 0.917. The van der Waals surface area contributed by atoms with Gasteiger partial charge in [-0.1, -0.05) is 23.5 Å². The second-order valence-corrected chi connectivity index (χ2v) is 5.08. The van der Waals surface area contributed by atoms with Gasteiger partial charge >= 0.3 is 0 Å². The van der Waals surface area contributed by atoms with Gasteiger partial charge in [0.1, 0.15) is 0 Å². The van der Waals surface area contributed by atoms with Crippen LogP contribution in [0.15, 0.2) is 43.5 Å². The number of carbonyl (C=O) groups excluding carboxylic acids is 1. The molecule has 2 N–H and O–H groups in total. The molecule has 1 heterocycles. The summed E-state index contributed by atoms with van der Waals surface area (Å²) in [5.74, 6) is -0.0475. The number of anilines is 1. The van der Waals surface area contributed by atoms with E-state index in [1.54, 1.807) is 23.1 Å². The molecular weight excluding hydrogens is 258 g/mol. The lowest BCUT2D eigenvalue weighted by molar-refractivity contribution is 0.0791. The Hall–Kier alpha value is -2.14. The molecule has 0 spiro atoms. The standard InChI is InChI=1S/C14H15N3OS/c1-3-7-17(8-4-2)13(18)10-5-6-11-12(9-10)19-14(15)16-11/h3-6,9H,1-2,7-8H2,(H2,15,16). The highest BCUT2D eigenvalue weighted by Gasteiger charge is 2.14. The van der Waals surface area contributed by atoms with Crippen molar-refractivity contribution < 1.29 is 4.79 Å². The van der Waals surface area contributed by atoms with Gasteiger partial charge in [0, 0.05) is 18.7 Å². The summed E-state index contributed by atoms with van der Waals surface area (Å²) in [5, 5.41) is 0.508. The fourth-order valence-corrected chi connectivity index (χ4v) is 2.58. The van der Waals surface area contributed by atoms with Gasteiger partial charge in [0.15, 0.2) is 5.13 Å². The molecule has 0 atom stereocenters. The molecular formula is C14H15N3OS. The molecule has 2 aromatic rings. The maximum Gasteiger partial charge on any atom is 0.254 e. The minimum absolute atomic E-state index is 0.0475. The summed E-state index contributed by atoms with van der Waals surface area (Å²) in [6, 6.07) is 5.41. The number of nitrogens with zero attached hydrogens (tertiary/aromatic N) is 2. The summed E-state index contributed by atoms with van der Waals surface area (Å²) in [7, 11) is 0. The van der Waals surface area contributed by atoms with Crippen molar-refractivity contribution in [3.63, 3.8) is 0 Å². The van der Waals surface area contributed by atoms with Gasteiger partial charge in [-0.05, 0) is 18.2 Å². The zero-order chi connectivity index (χ0) is 13.8. The van der Waals surface area contributed by atoms with Gasteiger partial charge in [0.2, 0.25) is 0 Å². The molecule has 1 amide bonds. The number of nitrogens with two attached hydrogens (primary N) is 1. The van der Waals surface area contributed by atoms with Gasteiger partial charge in [-0.2, -0.15) is 0 Å². The molecule has 0 aliphatic carbocycles. The molecule has 0 unspecified atom stereocenters. The van der Waals surface area contributed by atoms with E-state index in [1.165, 1.54) is 11.3 Å². The first-order chi connectivity index (χ1) is 9.15. The van der Waals surface area contributed by atoms with Crippen LogP contribution in [-0.4, -0.2) is 28.9 Å². The molecule has 19 heavy (non-hydrogen) atoms. The Morgan fingerprint density at radius 3 is 2.68 bits per heavy atom. The lowest BCUT2D eigenvalue weighted by Crippen LogP contribution is -2.31. The molecule has 0 radical (unpaired) electrons. The van der Waals surface area contributed by atoms with Crippen LogP contribution >= 0.6 is 11.3 Å². The smallest absolute Gasteiger partial charge is 0.254 e. The van der Waals surface area contributed by atoms with Crippen molar-refractivity contribution in [2.24, 2.45) is 0 Å². The highest BCUT2D eigenvalue weighted by Crippen LogP contribution is 2.25. The summed E-state index contributed by atoms with van der Waals surface area (Å²) in [6.07, 6.45) is 3.40. The van der Waals surface area contributed by atoms with Crippen LogP contribution in [0.1, 0.15) is 10.4 Å². The first kappa shape index (κ1) is 13.3. The Balaban J connectivity index is 2.33. The van der Waals surface area contributed by atoms with Crippen molar-refractivity contribution in [3.8, 4) is 0 Å². The van der Waals surface area contributed by atoms with E-state index in [0.29, 0.717) is 23.8 Å². The largest absolute Gasteiger partial charge is 0.375 e. The SMILES string of the molecule is C=CCN(CC=C)C(=O)c1ccc2nc(N)sc2c1. The number of aromatic nitrogens is 1. The van der Waals surface area contributed by atoms with Crippen LogP contribution in [0.4, 0.5) is 5.13 Å². The van der Waals surface area contributed by atoms with Crippen LogP contribution in [0.5, 0.6) is 0 Å². The minimum Gasteiger partial charge on any atom is -0.375 e. The van der Waals surface area contributed by atoms with E-state index in [1.807, 2.05) is 12.1 Å². The maximum atomic E-state index is 12.4. The van der Waals surface area contributed by atoms with Gasteiger partial charge in [0.05, 0.1) is 10.2 Å². The monoisotopic (exact) mass is 273 g/mol. The molecule has 1 aromatic heterocycles. The first-order valence-electron chi connectivity index (χ1n) is 5.83. The van der Waals surface area contributed by atoms with Crippen molar-refractivity contribution in [3.05, 3.63) is 49.1 Å². The molecule has 1 aromatic carbocycles. The van der Waals surface area contributed by atoms with Gasteiger partial charge < -0.3 is 10.6 Å². The number of benzene rings is 1. The molecule has 0 saturated heterocycles. The molecule has 0 aliphatic rings. The molecule has 2 rings (SSSR count). The van der Waals surface area contributed by atoms with Crippen LogP contribution in [0.25, 0.3) is 10.2 Å². The minimum atomic E-state index is -0.0475. The third-order valence-corrected chi connectivity index (χ3v) is 3.49. The van der Waals surface area contributed by atoms with Crippen LogP contribution < -0.4 is 5.73 Å². The van der Waals surface area contributed by atoms with E-state index in [2.05, 4.69) is 18.1 Å². The normalized spacial score (nSPS) is 10.3. The zero-order valence-corrected chi connectivity index (χ0v) is 11.3. The van der Waals surface area contributed by atoms with Crippen molar-refractivity contribution in [1.29, 1.82) is 0 Å². The third kappa shape index (κ3) is 2.82. The number of carbonyl (C=O) groups is 1. The topological polar surface area (TPSA) is 59.2 Å². The predicted octanol–water partition coefficient (Wildman–Crippen LogP) is 2.69. The predicted molar refractivity (Wildman–Crippen MR) is 80.3 cm³/mol. The van der Waals surface area contributed by atoms with Crippen LogP contribution in [0.2, 0.25) is 0 Å². The van der Waals surface area contributed by atoms with Crippen LogP contribution in [-0.2, 0) is 0 Å². The van der Waals surface area contributed by atoms with Gasteiger partial charge in [-0.15, -0.1) is 13.2 Å². The van der Waals surface area contributed by atoms with Crippen molar-refractivity contribution in [2.75, 3.05) is 18.8 Å². The molecule has 0 saturated carbocycles. The average molecular weight is 273 g/mol. The van der Waals surface area contributed by atoms with Crippen molar-refractivity contribution in [1.82, 2.24) is 9.88 Å². The molecule has 4 nitrogen and oxygen atoms in total. The molecule has 0 fully saturated rings. The molecule has 98 valence electrons. The summed E-state index contributed by atoms with van der Waals surface area (Å²) in [6.45, 7) is 8.31. The van der Waals surface area contributed by atoms with E-state index in [0.717, 1.165) is 10.2 Å². The Bertz CT molecular complexity index is 623. The number of nitrogen functional groups attached to an aromatic ring is 1. The molecule has 5 heteroatoms. The maximum absolute atomic E-state index is 12.4. The van der Waals surface area contributed by atoms with Crippen LogP contribution in [0, 0.1) is 0 Å². The second-order valence-electron chi connectivity index (χ2n) is 4.02. The average Bonchev–Trinajstić information content (AvgIpc) is 2.76. The lowest BCUT2D eigenvalue weighted by atomic mass is 10.2. The number of hydrogen-bond donors (Lipinski definition) is 1. The van der Waals surface area contributed by atoms with Gasteiger partial charge in [-0.25, -0.2) is 4.98 Å². The van der Waals surface area contributed by atoms with E-state index in [-0.39, 0.29) is 5.91 Å². The Labute approximate surface area is 115 Å². The Kier molecular flexibility index (Phi) is 3.97. The number of hydrogen-bond acceptors (Lipinski definition) is 4. The lowest BCUT2D eigenvalue weighted by Gasteiger charge is -2.19. The Morgan fingerprint density at radius 1 is 1.37 bits per heavy atom. The number of thiazole rings is 1. The highest BCUT2D eigenvalue weighted by molar-refractivity contribution is 7.22. The molecule has 0 aliphatic heterocycles. The Morgan fingerprint density at radius 2 is 2.05 bits per heavy atom. The fourth-order valence-electron chi connectivity index (χ4n) is 1.81. The fraction of sp³-hybridized carbons (Fsp3) is 0.143. The van der Waals surface area contributed by atoms with E-state index in [4.69, 9.17) is 5.73 Å². The van der Waals surface area contributed by atoms with Gasteiger partial charge in [0.25, 0.3) is 5.91 Å². The summed E-state index contributed by atoms with van der Waals surface area (Å²) in [4.78, 5) is 18.2. The highest BCUT2D eigenvalue weighted by atomic mass is 32.1. The van der Waals surface area contributed by atoms with Crippen LogP contribution in [0.3, 0.4) is 0 Å².